The minimum Gasteiger partial charge on any atom is -0.398 e. The first-order valence-corrected chi connectivity index (χ1v) is 6.44. The summed E-state index contributed by atoms with van der Waals surface area (Å²) in [6.07, 6.45) is 1.24. The van der Waals surface area contributed by atoms with Gasteiger partial charge in [0.2, 0.25) is 0 Å². The second-order valence-corrected chi connectivity index (χ2v) is 5.02. The molecule has 1 fully saturated rings. The van der Waals surface area contributed by atoms with E-state index in [4.69, 9.17) is 10.5 Å². The lowest BCUT2D eigenvalue weighted by Crippen LogP contribution is -2.54. The zero-order valence-corrected chi connectivity index (χ0v) is 11.1. The smallest absolute Gasteiger partial charge is 0.252 e. The van der Waals surface area contributed by atoms with Crippen LogP contribution in [0.5, 0.6) is 0 Å². The molecule has 0 atom stereocenters. The number of ether oxygens (including phenoxy) is 1. The fourth-order valence-electron chi connectivity index (χ4n) is 2.29. The Labute approximate surface area is 112 Å². The fraction of sp³-hybridized carbons (Fsp3) is 0.500. The van der Waals surface area contributed by atoms with Crippen LogP contribution in [0.25, 0.3) is 0 Å². The molecule has 1 aromatic carbocycles. The van der Waals surface area contributed by atoms with Crippen molar-refractivity contribution in [1.29, 1.82) is 0 Å². The van der Waals surface area contributed by atoms with Gasteiger partial charge >= 0.3 is 0 Å². The van der Waals surface area contributed by atoms with E-state index in [2.05, 4.69) is 5.32 Å². The molecular formula is C14H20N2O3. The largest absolute Gasteiger partial charge is 0.398 e. The lowest BCUT2D eigenvalue weighted by Gasteiger charge is -2.36. The second kappa shape index (κ2) is 5.59. The molecule has 104 valence electrons. The molecule has 1 aliphatic rings. The normalized spacial score (nSPS) is 18.0. The van der Waals surface area contributed by atoms with Gasteiger partial charge < -0.3 is 20.9 Å². The SMILES string of the molecule is Cc1c(N)cccc1C(=O)NC1(CO)CCOCC1. The van der Waals surface area contributed by atoms with Crippen molar-refractivity contribution in [2.75, 3.05) is 25.6 Å². The number of benzene rings is 1. The Balaban J connectivity index is 2.17. The zero-order valence-electron chi connectivity index (χ0n) is 11.1. The highest BCUT2D eigenvalue weighted by Gasteiger charge is 2.34. The molecule has 0 aliphatic carbocycles. The van der Waals surface area contributed by atoms with Gasteiger partial charge in [0.05, 0.1) is 12.1 Å². The lowest BCUT2D eigenvalue weighted by molar-refractivity contribution is 0.0125. The highest BCUT2D eigenvalue weighted by molar-refractivity contribution is 5.97. The lowest BCUT2D eigenvalue weighted by atomic mass is 9.90. The molecular weight excluding hydrogens is 244 g/mol. The number of hydrogen-bond acceptors (Lipinski definition) is 4. The van der Waals surface area contributed by atoms with Crippen LogP contribution in [-0.2, 0) is 4.74 Å². The number of anilines is 1. The summed E-state index contributed by atoms with van der Waals surface area (Å²) >= 11 is 0. The fourth-order valence-corrected chi connectivity index (χ4v) is 2.29. The number of nitrogens with two attached hydrogens (primary N) is 1. The van der Waals surface area contributed by atoms with Crippen LogP contribution in [0.2, 0.25) is 0 Å². The maximum Gasteiger partial charge on any atom is 0.252 e. The number of amides is 1. The van der Waals surface area contributed by atoms with Crippen molar-refractivity contribution in [3.63, 3.8) is 0 Å². The minimum atomic E-state index is -0.577. The van der Waals surface area contributed by atoms with Gasteiger partial charge in [-0.2, -0.15) is 0 Å². The summed E-state index contributed by atoms with van der Waals surface area (Å²) in [4.78, 5) is 12.3. The van der Waals surface area contributed by atoms with Crippen LogP contribution < -0.4 is 11.1 Å². The Morgan fingerprint density at radius 1 is 1.47 bits per heavy atom. The van der Waals surface area contributed by atoms with Gasteiger partial charge in [0.25, 0.3) is 5.91 Å². The number of nitrogen functional groups attached to an aromatic ring is 1. The van der Waals surface area contributed by atoms with Crippen LogP contribution in [0.1, 0.15) is 28.8 Å². The van der Waals surface area contributed by atoms with Crippen molar-refractivity contribution in [3.05, 3.63) is 29.3 Å². The second-order valence-electron chi connectivity index (χ2n) is 5.02. The number of carbonyl (C=O) groups excluding carboxylic acids is 1. The van der Waals surface area contributed by atoms with E-state index in [9.17, 15) is 9.90 Å². The molecule has 1 saturated heterocycles. The Bertz CT molecular complexity index is 468. The third-order valence-corrected chi connectivity index (χ3v) is 3.75. The van der Waals surface area contributed by atoms with Crippen LogP contribution in [0, 0.1) is 6.92 Å². The summed E-state index contributed by atoms with van der Waals surface area (Å²) in [5, 5.41) is 12.5. The molecule has 19 heavy (non-hydrogen) atoms. The molecule has 0 saturated carbocycles. The Morgan fingerprint density at radius 2 is 2.16 bits per heavy atom. The summed E-state index contributed by atoms with van der Waals surface area (Å²) < 4.78 is 5.27. The Morgan fingerprint density at radius 3 is 2.79 bits per heavy atom. The van der Waals surface area contributed by atoms with Crippen LogP contribution in [0.15, 0.2) is 18.2 Å². The van der Waals surface area contributed by atoms with Gasteiger partial charge in [-0.05, 0) is 37.5 Å². The molecule has 5 heteroatoms. The zero-order chi connectivity index (χ0) is 13.9. The summed E-state index contributed by atoms with van der Waals surface area (Å²) in [6.45, 7) is 2.84. The van der Waals surface area contributed by atoms with Gasteiger partial charge in [-0.1, -0.05) is 6.07 Å². The number of hydrogen-bond donors (Lipinski definition) is 3. The molecule has 1 aliphatic heterocycles. The minimum absolute atomic E-state index is 0.0799. The van der Waals surface area contributed by atoms with Gasteiger partial charge in [-0.15, -0.1) is 0 Å². The molecule has 5 nitrogen and oxygen atoms in total. The summed E-state index contributed by atoms with van der Waals surface area (Å²) in [5.74, 6) is -0.194. The third-order valence-electron chi connectivity index (χ3n) is 3.75. The van der Waals surface area contributed by atoms with Crippen molar-refractivity contribution in [2.45, 2.75) is 25.3 Å². The van der Waals surface area contributed by atoms with E-state index in [0.717, 1.165) is 5.56 Å². The Hall–Kier alpha value is -1.59. The molecule has 0 aromatic heterocycles. The quantitative estimate of drug-likeness (QED) is 0.707. The number of carbonyl (C=O) groups is 1. The molecule has 4 N–H and O–H groups in total. The highest BCUT2D eigenvalue weighted by Crippen LogP contribution is 2.22. The Kier molecular flexibility index (Phi) is 4.07. The molecule has 1 amide bonds. The van der Waals surface area contributed by atoms with Gasteiger partial charge in [-0.3, -0.25) is 4.79 Å². The van der Waals surface area contributed by atoms with E-state index in [-0.39, 0.29) is 12.5 Å². The van der Waals surface area contributed by atoms with Crippen molar-refractivity contribution in [1.82, 2.24) is 5.32 Å². The van der Waals surface area contributed by atoms with Crippen LogP contribution in [0.4, 0.5) is 5.69 Å². The summed E-state index contributed by atoms with van der Waals surface area (Å²) in [7, 11) is 0. The average molecular weight is 264 g/mol. The van der Waals surface area contributed by atoms with Gasteiger partial charge in [0.1, 0.15) is 0 Å². The third kappa shape index (κ3) is 2.88. The molecule has 0 unspecified atom stereocenters. The number of aliphatic hydroxyl groups is 1. The van der Waals surface area contributed by atoms with Gasteiger partial charge in [0.15, 0.2) is 0 Å². The van der Waals surface area contributed by atoms with Gasteiger partial charge in [-0.25, -0.2) is 0 Å². The standard InChI is InChI=1S/C14H20N2O3/c1-10-11(3-2-4-12(10)15)13(18)16-14(9-17)5-7-19-8-6-14/h2-4,17H,5-9,15H2,1H3,(H,16,18). The van der Waals surface area contributed by atoms with E-state index in [0.29, 0.717) is 37.3 Å². The first-order chi connectivity index (χ1) is 9.08. The van der Waals surface area contributed by atoms with Crippen molar-refractivity contribution in [3.8, 4) is 0 Å². The van der Waals surface area contributed by atoms with E-state index < -0.39 is 5.54 Å². The molecule has 0 bridgehead atoms. The maximum absolute atomic E-state index is 12.3. The van der Waals surface area contributed by atoms with E-state index >= 15 is 0 Å². The molecule has 0 spiro atoms. The van der Waals surface area contributed by atoms with E-state index in [1.165, 1.54) is 0 Å². The van der Waals surface area contributed by atoms with E-state index in [1.54, 1.807) is 18.2 Å². The molecule has 0 radical (unpaired) electrons. The number of nitrogens with one attached hydrogen (secondary N) is 1. The van der Waals surface area contributed by atoms with Crippen LogP contribution in [0.3, 0.4) is 0 Å². The van der Waals surface area contributed by atoms with Crippen molar-refractivity contribution in [2.24, 2.45) is 0 Å². The van der Waals surface area contributed by atoms with Crippen LogP contribution in [-0.4, -0.2) is 36.4 Å². The predicted octanol–water partition coefficient (Wildman–Crippen LogP) is 0.849. The average Bonchev–Trinajstić information content (AvgIpc) is 2.42. The van der Waals surface area contributed by atoms with Crippen molar-refractivity contribution < 1.29 is 14.6 Å². The highest BCUT2D eigenvalue weighted by atomic mass is 16.5. The number of aliphatic hydroxyl groups excluding tert-OH is 1. The molecule has 1 heterocycles. The van der Waals surface area contributed by atoms with E-state index in [1.807, 2.05) is 6.92 Å². The summed E-state index contributed by atoms with van der Waals surface area (Å²) in [6, 6.07) is 5.26. The van der Waals surface area contributed by atoms with Gasteiger partial charge in [0, 0.05) is 24.5 Å². The topological polar surface area (TPSA) is 84.6 Å². The first kappa shape index (κ1) is 13.8. The first-order valence-electron chi connectivity index (χ1n) is 6.44. The summed E-state index contributed by atoms with van der Waals surface area (Å²) in [5.41, 5.74) is 7.14. The van der Waals surface area contributed by atoms with Crippen molar-refractivity contribution >= 4 is 11.6 Å². The predicted molar refractivity (Wildman–Crippen MR) is 72.9 cm³/mol. The molecule has 2 rings (SSSR count). The number of rotatable bonds is 3. The van der Waals surface area contributed by atoms with Crippen LogP contribution >= 0.6 is 0 Å². The maximum atomic E-state index is 12.3. The molecule has 1 aromatic rings. The monoisotopic (exact) mass is 264 g/mol.